The van der Waals surface area contributed by atoms with Crippen LogP contribution >= 0.6 is 7.60 Å². The normalized spacial score (nSPS) is 23.1. The maximum atomic E-state index is 10.9. The van der Waals surface area contributed by atoms with E-state index >= 15 is 0 Å². The van der Waals surface area contributed by atoms with Crippen LogP contribution in [0.15, 0.2) is 54.4 Å². The van der Waals surface area contributed by atoms with Crippen molar-refractivity contribution in [2.75, 3.05) is 0 Å². The minimum Gasteiger partial charge on any atom is -0.366 e. The highest BCUT2D eigenvalue weighted by atomic mass is 31.2. The van der Waals surface area contributed by atoms with E-state index in [0.717, 1.165) is 24.2 Å². The minimum absolute atomic E-state index is 0.0254. The molecule has 2 aromatic carbocycles. The van der Waals surface area contributed by atoms with E-state index < -0.39 is 7.60 Å². The largest absolute Gasteiger partial charge is 0.366 e. The van der Waals surface area contributed by atoms with Gasteiger partial charge in [-0.3, -0.25) is 4.57 Å². The van der Waals surface area contributed by atoms with E-state index in [1.54, 1.807) is 0 Å². The molecule has 0 unspecified atom stereocenters. The molecule has 0 radical (unpaired) electrons. The standard InChI is InChI=1S/C16H17O4P/c17-21(18,19)11-10-13-8-9-16(20-13)15-7-3-5-12-4-1-2-6-14(12)15/h1-7,10-11,13,16H,8-9H2,(H2,17,18,19)/b11-10+/t13-,16+/m0/s1. The zero-order valence-corrected chi connectivity index (χ0v) is 12.3. The van der Waals surface area contributed by atoms with Gasteiger partial charge in [0.25, 0.3) is 0 Å². The van der Waals surface area contributed by atoms with E-state index in [0.29, 0.717) is 0 Å². The molecule has 110 valence electrons. The molecule has 0 spiro atoms. The van der Waals surface area contributed by atoms with Gasteiger partial charge >= 0.3 is 7.60 Å². The van der Waals surface area contributed by atoms with E-state index in [2.05, 4.69) is 24.3 Å². The molecule has 0 saturated carbocycles. The lowest BCUT2D eigenvalue weighted by molar-refractivity contribution is 0.0720. The SMILES string of the molecule is O=P(O)(O)/C=C/[C@@H]1CC[C@H](c2cccc3ccccc23)O1. The summed E-state index contributed by atoms with van der Waals surface area (Å²) in [7, 11) is -4.11. The fraction of sp³-hybridized carbons (Fsp3) is 0.250. The van der Waals surface area contributed by atoms with Gasteiger partial charge in [0.05, 0.1) is 12.2 Å². The third-order valence-electron chi connectivity index (χ3n) is 3.72. The molecular formula is C16H17O4P. The van der Waals surface area contributed by atoms with Crippen LogP contribution in [-0.4, -0.2) is 15.9 Å². The first kappa shape index (κ1) is 14.5. The van der Waals surface area contributed by atoms with E-state index in [9.17, 15) is 4.57 Å². The molecule has 2 N–H and O–H groups in total. The fourth-order valence-corrected chi connectivity index (χ4v) is 3.19. The summed E-state index contributed by atoms with van der Waals surface area (Å²) in [5, 5.41) is 2.34. The van der Waals surface area contributed by atoms with Crippen LogP contribution in [0.25, 0.3) is 10.8 Å². The molecule has 0 aliphatic carbocycles. The molecular weight excluding hydrogens is 287 g/mol. The Morgan fingerprint density at radius 3 is 2.67 bits per heavy atom. The Labute approximate surface area is 123 Å². The van der Waals surface area contributed by atoms with Gasteiger partial charge in [0.2, 0.25) is 0 Å². The summed E-state index contributed by atoms with van der Waals surface area (Å²) in [6.45, 7) is 0. The van der Waals surface area contributed by atoms with Crippen LogP contribution in [0.2, 0.25) is 0 Å². The first-order valence-corrected chi connectivity index (χ1v) is 8.59. The first-order valence-electron chi connectivity index (χ1n) is 6.91. The Morgan fingerprint density at radius 1 is 1.10 bits per heavy atom. The predicted octanol–water partition coefficient (Wildman–Crippen LogP) is 3.75. The Hall–Kier alpha value is -1.45. The summed E-state index contributed by atoms with van der Waals surface area (Å²) in [6, 6.07) is 14.3. The lowest BCUT2D eigenvalue weighted by Gasteiger charge is -2.14. The van der Waals surface area contributed by atoms with Crippen LogP contribution in [0.5, 0.6) is 0 Å². The molecule has 5 heteroatoms. The molecule has 0 aromatic heterocycles. The average molecular weight is 304 g/mol. The van der Waals surface area contributed by atoms with Crippen molar-refractivity contribution in [2.45, 2.75) is 25.0 Å². The van der Waals surface area contributed by atoms with Gasteiger partial charge in [0.15, 0.2) is 0 Å². The molecule has 0 bridgehead atoms. The second-order valence-corrected chi connectivity index (χ2v) is 6.72. The number of rotatable bonds is 3. The Balaban J connectivity index is 1.82. The van der Waals surface area contributed by atoms with Crippen molar-refractivity contribution in [3.05, 3.63) is 59.9 Å². The molecule has 1 fully saturated rings. The van der Waals surface area contributed by atoms with Crippen LogP contribution in [-0.2, 0) is 9.30 Å². The molecule has 1 saturated heterocycles. The molecule has 3 rings (SSSR count). The molecule has 1 heterocycles. The molecule has 2 atom stereocenters. The Morgan fingerprint density at radius 2 is 1.86 bits per heavy atom. The van der Waals surface area contributed by atoms with Crippen LogP contribution in [0.1, 0.15) is 24.5 Å². The van der Waals surface area contributed by atoms with Gasteiger partial charge in [0.1, 0.15) is 0 Å². The molecule has 21 heavy (non-hydrogen) atoms. The third kappa shape index (κ3) is 3.42. The number of hydrogen-bond donors (Lipinski definition) is 2. The zero-order chi connectivity index (χ0) is 14.9. The Bertz CT molecular complexity index is 714. The van der Waals surface area contributed by atoms with Gasteiger partial charge < -0.3 is 14.5 Å². The van der Waals surface area contributed by atoms with Crippen molar-refractivity contribution in [1.82, 2.24) is 0 Å². The number of ether oxygens (including phenoxy) is 1. The van der Waals surface area contributed by atoms with Crippen molar-refractivity contribution in [1.29, 1.82) is 0 Å². The molecule has 0 amide bonds. The average Bonchev–Trinajstić information content (AvgIpc) is 2.92. The second-order valence-electron chi connectivity index (χ2n) is 5.24. The van der Waals surface area contributed by atoms with Crippen molar-refractivity contribution >= 4 is 18.4 Å². The lowest BCUT2D eigenvalue weighted by atomic mass is 9.99. The summed E-state index contributed by atoms with van der Waals surface area (Å²) in [5.74, 6) is 0.934. The van der Waals surface area contributed by atoms with Crippen molar-refractivity contribution in [3.63, 3.8) is 0 Å². The monoisotopic (exact) mass is 304 g/mol. The second kappa shape index (κ2) is 5.74. The van der Waals surface area contributed by atoms with Crippen LogP contribution < -0.4 is 0 Å². The first-order chi connectivity index (χ1) is 10.0. The predicted molar refractivity (Wildman–Crippen MR) is 82.0 cm³/mol. The van der Waals surface area contributed by atoms with Gasteiger partial charge in [0, 0.05) is 5.82 Å². The van der Waals surface area contributed by atoms with Gasteiger partial charge in [-0.25, -0.2) is 0 Å². The third-order valence-corrected chi connectivity index (χ3v) is 4.28. The molecule has 2 aromatic rings. The topological polar surface area (TPSA) is 66.8 Å². The van der Waals surface area contributed by atoms with Crippen LogP contribution in [0.3, 0.4) is 0 Å². The summed E-state index contributed by atoms with van der Waals surface area (Å²) < 4.78 is 16.8. The van der Waals surface area contributed by atoms with Crippen LogP contribution in [0.4, 0.5) is 0 Å². The number of hydrogen-bond acceptors (Lipinski definition) is 2. The number of fused-ring (bicyclic) bond motifs is 1. The van der Waals surface area contributed by atoms with E-state index in [1.807, 2.05) is 18.2 Å². The molecule has 1 aliphatic rings. The van der Waals surface area contributed by atoms with Crippen LogP contribution in [0, 0.1) is 0 Å². The van der Waals surface area contributed by atoms with Crippen molar-refractivity contribution in [3.8, 4) is 0 Å². The van der Waals surface area contributed by atoms with Gasteiger partial charge in [-0.15, -0.1) is 0 Å². The Kier molecular flexibility index (Phi) is 3.96. The molecule has 1 aliphatic heterocycles. The molecule has 4 nitrogen and oxygen atoms in total. The highest BCUT2D eigenvalue weighted by Gasteiger charge is 2.26. The van der Waals surface area contributed by atoms with E-state index in [1.165, 1.54) is 16.8 Å². The highest BCUT2D eigenvalue weighted by molar-refractivity contribution is 7.55. The van der Waals surface area contributed by atoms with Gasteiger partial charge in [-0.05, 0) is 35.3 Å². The van der Waals surface area contributed by atoms with Crippen molar-refractivity contribution < 1.29 is 19.1 Å². The highest BCUT2D eigenvalue weighted by Crippen LogP contribution is 2.40. The fourth-order valence-electron chi connectivity index (χ4n) is 2.77. The summed E-state index contributed by atoms with van der Waals surface area (Å²) in [6.07, 6.45) is 2.84. The summed E-state index contributed by atoms with van der Waals surface area (Å²) in [5.41, 5.74) is 1.14. The minimum atomic E-state index is -4.11. The maximum Gasteiger partial charge on any atom is 0.348 e. The smallest absolute Gasteiger partial charge is 0.348 e. The number of benzene rings is 2. The van der Waals surface area contributed by atoms with E-state index in [-0.39, 0.29) is 12.2 Å². The lowest BCUT2D eigenvalue weighted by Crippen LogP contribution is -2.03. The summed E-state index contributed by atoms with van der Waals surface area (Å²) >= 11 is 0. The van der Waals surface area contributed by atoms with Gasteiger partial charge in [-0.1, -0.05) is 42.5 Å². The quantitative estimate of drug-likeness (QED) is 0.847. The van der Waals surface area contributed by atoms with Gasteiger partial charge in [-0.2, -0.15) is 0 Å². The van der Waals surface area contributed by atoms with E-state index in [4.69, 9.17) is 14.5 Å². The maximum absolute atomic E-state index is 10.9. The zero-order valence-electron chi connectivity index (χ0n) is 11.4. The van der Waals surface area contributed by atoms with Crippen molar-refractivity contribution in [2.24, 2.45) is 0 Å². The summed E-state index contributed by atoms with van der Waals surface area (Å²) in [4.78, 5) is 17.7.